The van der Waals surface area contributed by atoms with Gasteiger partial charge in [-0.15, -0.1) is 0 Å². The minimum absolute atomic E-state index is 0.279. The quantitative estimate of drug-likeness (QED) is 0.258. The van der Waals surface area contributed by atoms with E-state index in [4.69, 9.17) is 27.9 Å². The van der Waals surface area contributed by atoms with Gasteiger partial charge < -0.3 is 25.7 Å². The van der Waals surface area contributed by atoms with Crippen LogP contribution in [0.5, 0.6) is 5.75 Å². The van der Waals surface area contributed by atoms with Gasteiger partial charge in [-0.2, -0.15) is 0 Å². The minimum atomic E-state index is -0.857. The third-order valence-electron chi connectivity index (χ3n) is 5.26. The summed E-state index contributed by atoms with van der Waals surface area (Å²) in [6.07, 6.45) is 2.12. The predicted molar refractivity (Wildman–Crippen MR) is 136 cm³/mol. The Morgan fingerprint density at radius 2 is 1.68 bits per heavy atom. The van der Waals surface area contributed by atoms with Crippen molar-refractivity contribution in [2.75, 3.05) is 17.7 Å². The third kappa shape index (κ3) is 5.62. The van der Waals surface area contributed by atoms with Crippen LogP contribution in [0, 0.1) is 0 Å². The zero-order valence-corrected chi connectivity index (χ0v) is 19.7. The van der Waals surface area contributed by atoms with Gasteiger partial charge in [0.05, 0.1) is 17.2 Å². The topological polar surface area (TPSA) is 95.2 Å². The van der Waals surface area contributed by atoms with Crippen LogP contribution in [0.25, 0.3) is 10.9 Å². The predicted octanol–water partition coefficient (Wildman–Crippen LogP) is 5.85. The van der Waals surface area contributed by atoms with E-state index in [9.17, 15) is 9.59 Å². The van der Waals surface area contributed by atoms with Crippen LogP contribution in [0.3, 0.4) is 0 Å². The lowest BCUT2D eigenvalue weighted by molar-refractivity contribution is -0.117. The van der Waals surface area contributed by atoms with Crippen molar-refractivity contribution in [2.45, 2.75) is 12.5 Å². The molecule has 3 amide bonds. The summed E-state index contributed by atoms with van der Waals surface area (Å²) in [4.78, 5) is 29.1. The van der Waals surface area contributed by atoms with Crippen molar-refractivity contribution in [1.82, 2.24) is 10.3 Å². The number of carbonyl (C=O) groups is 2. The van der Waals surface area contributed by atoms with Gasteiger partial charge in [-0.1, -0.05) is 41.4 Å². The molecule has 4 aromatic rings. The lowest BCUT2D eigenvalue weighted by atomic mass is 10.0. The highest BCUT2D eigenvalue weighted by Gasteiger charge is 2.23. The number of methoxy groups -OCH3 is 1. The Kier molecular flexibility index (Phi) is 7.25. The van der Waals surface area contributed by atoms with Crippen LogP contribution in [0.4, 0.5) is 16.2 Å². The number of para-hydroxylation sites is 1. The van der Waals surface area contributed by atoms with E-state index in [1.165, 1.54) is 6.07 Å². The number of carbonyl (C=O) groups excluding carboxylic acids is 2. The highest BCUT2D eigenvalue weighted by molar-refractivity contribution is 6.42. The van der Waals surface area contributed by atoms with E-state index >= 15 is 0 Å². The van der Waals surface area contributed by atoms with Gasteiger partial charge in [0.25, 0.3) is 0 Å². The summed E-state index contributed by atoms with van der Waals surface area (Å²) in [5, 5.41) is 9.99. The van der Waals surface area contributed by atoms with Crippen molar-refractivity contribution in [3.8, 4) is 5.75 Å². The number of anilines is 2. The van der Waals surface area contributed by atoms with Crippen molar-refractivity contribution in [3.05, 3.63) is 88.5 Å². The third-order valence-corrected chi connectivity index (χ3v) is 5.99. The normalized spacial score (nSPS) is 11.6. The van der Waals surface area contributed by atoms with E-state index in [-0.39, 0.29) is 12.3 Å². The molecule has 4 N–H and O–H groups in total. The second-order valence-corrected chi connectivity index (χ2v) is 8.38. The Labute approximate surface area is 206 Å². The Balaban J connectivity index is 1.53. The Hall–Kier alpha value is -3.68. The van der Waals surface area contributed by atoms with E-state index in [0.29, 0.717) is 27.2 Å². The summed E-state index contributed by atoms with van der Waals surface area (Å²) in [5.41, 5.74) is 2.89. The lowest BCUT2D eigenvalue weighted by Gasteiger charge is -2.19. The van der Waals surface area contributed by atoms with Crippen molar-refractivity contribution < 1.29 is 14.3 Å². The maximum atomic E-state index is 13.2. The summed E-state index contributed by atoms with van der Waals surface area (Å²) < 4.78 is 5.16. The number of rotatable bonds is 7. The molecule has 0 unspecified atom stereocenters. The van der Waals surface area contributed by atoms with Crippen molar-refractivity contribution in [1.29, 1.82) is 0 Å². The number of halogens is 2. The van der Waals surface area contributed by atoms with Crippen molar-refractivity contribution in [2.24, 2.45) is 0 Å². The van der Waals surface area contributed by atoms with Crippen molar-refractivity contribution in [3.63, 3.8) is 0 Å². The number of urea groups is 1. The van der Waals surface area contributed by atoms with Gasteiger partial charge in [0.15, 0.2) is 0 Å². The summed E-state index contributed by atoms with van der Waals surface area (Å²) in [6.45, 7) is 0. The first-order valence-electron chi connectivity index (χ1n) is 10.5. The number of amides is 3. The van der Waals surface area contributed by atoms with E-state index in [0.717, 1.165) is 16.5 Å². The average molecular weight is 497 g/mol. The summed E-state index contributed by atoms with van der Waals surface area (Å²) >= 11 is 12.0. The van der Waals surface area contributed by atoms with Gasteiger partial charge in [0.1, 0.15) is 11.8 Å². The SMILES string of the molecule is COc1ccc(NC(=O)[C@@H](Cc2c[nH]c3ccccc23)NC(=O)Nc2ccc(Cl)c(Cl)c2)cc1. The molecule has 0 aliphatic carbocycles. The second-order valence-electron chi connectivity index (χ2n) is 7.56. The number of hydrogen-bond acceptors (Lipinski definition) is 3. The molecule has 1 atom stereocenters. The molecule has 3 aromatic carbocycles. The summed E-state index contributed by atoms with van der Waals surface area (Å²) in [5.74, 6) is 0.312. The Morgan fingerprint density at radius 1 is 0.941 bits per heavy atom. The van der Waals surface area contributed by atoms with Crippen LogP contribution in [0.2, 0.25) is 10.0 Å². The smallest absolute Gasteiger partial charge is 0.319 e. The van der Waals surface area contributed by atoms with Crippen LogP contribution in [-0.2, 0) is 11.2 Å². The number of benzene rings is 3. The van der Waals surface area contributed by atoms with Gasteiger partial charge in [0, 0.05) is 34.9 Å². The fourth-order valence-corrected chi connectivity index (χ4v) is 3.83. The molecular formula is C25H22Cl2N4O3. The summed E-state index contributed by atoms with van der Waals surface area (Å²) in [7, 11) is 1.57. The molecule has 0 radical (unpaired) electrons. The zero-order valence-electron chi connectivity index (χ0n) is 18.2. The first kappa shape index (κ1) is 23.5. The van der Waals surface area contributed by atoms with E-state index in [1.807, 2.05) is 30.5 Å². The van der Waals surface area contributed by atoms with Crippen LogP contribution >= 0.6 is 23.2 Å². The highest BCUT2D eigenvalue weighted by Crippen LogP contribution is 2.25. The van der Waals surface area contributed by atoms with Crippen LogP contribution in [-0.4, -0.2) is 30.1 Å². The number of aromatic nitrogens is 1. The fourth-order valence-electron chi connectivity index (χ4n) is 3.53. The monoisotopic (exact) mass is 496 g/mol. The first-order valence-corrected chi connectivity index (χ1v) is 11.2. The average Bonchev–Trinajstić information content (AvgIpc) is 3.24. The van der Waals surface area contributed by atoms with E-state index in [1.54, 1.807) is 43.5 Å². The molecule has 34 heavy (non-hydrogen) atoms. The van der Waals surface area contributed by atoms with Crippen LogP contribution in [0.15, 0.2) is 72.9 Å². The lowest BCUT2D eigenvalue weighted by Crippen LogP contribution is -2.46. The zero-order chi connectivity index (χ0) is 24.1. The van der Waals surface area contributed by atoms with Gasteiger partial charge in [0.2, 0.25) is 5.91 Å². The number of nitrogens with one attached hydrogen (secondary N) is 4. The largest absolute Gasteiger partial charge is 0.497 e. The molecule has 0 bridgehead atoms. The molecule has 174 valence electrons. The standard InChI is InChI=1S/C25H22Cl2N4O3/c1-34-18-9-6-16(7-10-18)29-24(32)23(12-15-14-28-22-5-3-2-4-19(15)22)31-25(33)30-17-8-11-20(26)21(27)13-17/h2-11,13-14,23,28H,12H2,1H3,(H,29,32)(H2,30,31,33)/t23-/m1/s1. The maximum Gasteiger partial charge on any atom is 0.319 e. The minimum Gasteiger partial charge on any atom is -0.497 e. The number of aromatic amines is 1. The van der Waals surface area contributed by atoms with Crippen molar-refractivity contribution >= 4 is 57.4 Å². The van der Waals surface area contributed by atoms with Crippen LogP contribution < -0.4 is 20.7 Å². The fraction of sp³-hybridized carbons (Fsp3) is 0.120. The van der Waals surface area contributed by atoms with Gasteiger partial charge in [-0.25, -0.2) is 4.79 Å². The molecule has 0 fully saturated rings. The number of H-pyrrole nitrogens is 1. The number of hydrogen-bond donors (Lipinski definition) is 4. The Bertz CT molecular complexity index is 1320. The van der Waals surface area contributed by atoms with E-state index in [2.05, 4.69) is 20.9 Å². The molecule has 0 aliphatic heterocycles. The highest BCUT2D eigenvalue weighted by atomic mass is 35.5. The number of ether oxygens (including phenoxy) is 1. The Morgan fingerprint density at radius 3 is 2.41 bits per heavy atom. The molecular weight excluding hydrogens is 475 g/mol. The van der Waals surface area contributed by atoms with Gasteiger partial charge in [-0.3, -0.25) is 4.79 Å². The molecule has 0 saturated carbocycles. The maximum absolute atomic E-state index is 13.2. The molecule has 7 nitrogen and oxygen atoms in total. The second kappa shape index (κ2) is 10.5. The first-order chi connectivity index (χ1) is 16.4. The van der Waals surface area contributed by atoms with E-state index < -0.39 is 12.1 Å². The molecule has 4 rings (SSSR count). The molecule has 1 heterocycles. The van der Waals surface area contributed by atoms with Gasteiger partial charge >= 0.3 is 6.03 Å². The van der Waals surface area contributed by atoms with Gasteiger partial charge in [-0.05, 0) is 54.1 Å². The summed E-state index contributed by atoms with van der Waals surface area (Å²) in [6, 6.07) is 18.1. The molecule has 0 saturated heterocycles. The van der Waals surface area contributed by atoms with Crippen LogP contribution in [0.1, 0.15) is 5.56 Å². The molecule has 0 spiro atoms. The molecule has 0 aliphatic rings. The molecule has 9 heteroatoms. The number of fused-ring (bicyclic) bond motifs is 1. The molecule has 1 aromatic heterocycles.